The lowest BCUT2D eigenvalue weighted by atomic mass is 9.87. The standard InChI is InChI=1S/C26H23NO3/c1-16-7-10-19(11-8-16)27-14-13-18-5-3-4-6-20(18)24(27)23-25(28)21-15-17(2)9-12-22(21)30-26(23)29/h3-12,15,24,28H,13-14H2,1-2H3. The average Bonchev–Trinajstić information content (AvgIpc) is 2.75. The minimum atomic E-state index is -0.498. The zero-order chi connectivity index (χ0) is 20.8. The van der Waals surface area contributed by atoms with E-state index in [2.05, 4.69) is 42.2 Å². The Bertz CT molecular complexity index is 1300. The summed E-state index contributed by atoms with van der Waals surface area (Å²) in [6, 6.07) is 21.5. The van der Waals surface area contributed by atoms with E-state index in [4.69, 9.17) is 4.42 Å². The number of fused-ring (bicyclic) bond motifs is 2. The van der Waals surface area contributed by atoms with E-state index in [0.29, 0.717) is 16.5 Å². The molecule has 4 heteroatoms. The third-order valence-corrected chi connectivity index (χ3v) is 5.99. The Morgan fingerprint density at radius 3 is 2.50 bits per heavy atom. The van der Waals surface area contributed by atoms with Crippen molar-refractivity contribution in [1.29, 1.82) is 0 Å². The van der Waals surface area contributed by atoms with Crippen LogP contribution in [0, 0.1) is 13.8 Å². The van der Waals surface area contributed by atoms with E-state index < -0.39 is 11.7 Å². The number of benzene rings is 3. The van der Waals surface area contributed by atoms with Gasteiger partial charge in [0.05, 0.1) is 11.4 Å². The Kier molecular flexibility index (Phi) is 4.35. The van der Waals surface area contributed by atoms with E-state index in [1.165, 1.54) is 11.1 Å². The van der Waals surface area contributed by atoms with Crippen LogP contribution in [0.15, 0.2) is 75.9 Å². The van der Waals surface area contributed by atoms with E-state index in [1.54, 1.807) is 6.07 Å². The van der Waals surface area contributed by atoms with Crippen LogP contribution in [0.25, 0.3) is 11.0 Å². The van der Waals surface area contributed by atoms with Gasteiger partial charge in [0.25, 0.3) is 0 Å². The van der Waals surface area contributed by atoms with E-state index in [9.17, 15) is 9.90 Å². The average molecular weight is 397 g/mol. The monoisotopic (exact) mass is 397 g/mol. The largest absolute Gasteiger partial charge is 0.507 e. The number of hydrogen-bond acceptors (Lipinski definition) is 4. The van der Waals surface area contributed by atoms with E-state index >= 15 is 0 Å². The van der Waals surface area contributed by atoms with Gasteiger partial charge >= 0.3 is 5.63 Å². The summed E-state index contributed by atoms with van der Waals surface area (Å²) < 4.78 is 5.66. The maximum absolute atomic E-state index is 13.1. The van der Waals surface area contributed by atoms with Gasteiger partial charge in [-0.1, -0.05) is 53.6 Å². The highest BCUT2D eigenvalue weighted by atomic mass is 16.4. The van der Waals surface area contributed by atoms with E-state index in [1.807, 2.05) is 37.3 Å². The van der Waals surface area contributed by atoms with Gasteiger partial charge in [0.15, 0.2) is 0 Å². The Hall–Kier alpha value is -3.53. The molecule has 0 amide bonds. The van der Waals surface area contributed by atoms with Crippen molar-refractivity contribution in [1.82, 2.24) is 0 Å². The highest BCUT2D eigenvalue weighted by Crippen LogP contribution is 2.42. The van der Waals surface area contributed by atoms with Gasteiger partial charge in [0.2, 0.25) is 0 Å². The Morgan fingerprint density at radius 2 is 1.70 bits per heavy atom. The summed E-state index contributed by atoms with van der Waals surface area (Å²) in [5.41, 5.74) is 5.60. The summed E-state index contributed by atoms with van der Waals surface area (Å²) in [5, 5.41) is 11.8. The molecule has 4 aromatic rings. The predicted octanol–water partition coefficient (Wildman–Crippen LogP) is 5.27. The smallest absolute Gasteiger partial charge is 0.345 e. The highest BCUT2D eigenvalue weighted by molar-refractivity contribution is 5.85. The lowest BCUT2D eigenvalue weighted by molar-refractivity contribution is 0.446. The molecular weight excluding hydrogens is 374 g/mol. The minimum absolute atomic E-state index is 0.00349. The number of aryl methyl sites for hydroxylation is 2. The number of hydrogen-bond donors (Lipinski definition) is 1. The normalized spacial score (nSPS) is 15.9. The topological polar surface area (TPSA) is 53.7 Å². The van der Waals surface area contributed by atoms with Crippen molar-refractivity contribution in [2.24, 2.45) is 0 Å². The molecule has 0 saturated carbocycles. The molecule has 1 aliphatic rings. The van der Waals surface area contributed by atoms with E-state index in [0.717, 1.165) is 29.8 Å². The van der Waals surface area contributed by atoms with Crippen molar-refractivity contribution in [3.05, 3.63) is 105 Å². The first kappa shape index (κ1) is 18.5. The first-order valence-electron chi connectivity index (χ1n) is 10.2. The lowest BCUT2D eigenvalue weighted by Crippen LogP contribution is -2.38. The third-order valence-electron chi connectivity index (χ3n) is 5.99. The summed E-state index contributed by atoms with van der Waals surface area (Å²) in [6.45, 7) is 4.76. The van der Waals surface area contributed by atoms with Crippen molar-refractivity contribution in [3.63, 3.8) is 0 Å². The SMILES string of the molecule is Cc1ccc(N2CCc3ccccc3C2c2c(O)c3cc(C)ccc3oc2=O)cc1. The number of nitrogens with zero attached hydrogens (tertiary/aromatic N) is 1. The maximum Gasteiger partial charge on any atom is 0.345 e. The number of aromatic hydroxyl groups is 1. The fraction of sp³-hybridized carbons (Fsp3) is 0.192. The quantitative estimate of drug-likeness (QED) is 0.468. The molecule has 5 rings (SSSR count). The molecule has 0 aliphatic carbocycles. The number of rotatable bonds is 2. The zero-order valence-electron chi connectivity index (χ0n) is 17.1. The molecule has 0 bridgehead atoms. The molecule has 4 nitrogen and oxygen atoms in total. The zero-order valence-corrected chi connectivity index (χ0v) is 17.1. The van der Waals surface area contributed by atoms with Crippen LogP contribution in [-0.4, -0.2) is 11.7 Å². The third kappa shape index (κ3) is 2.96. The summed E-state index contributed by atoms with van der Waals surface area (Å²) in [5.74, 6) is 0.00349. The van der Waals surface area contributed by atoms with Crippen molar-refractivity contribution in [2.45, 2.75) is 26.3 Å². The molecule has 0 fully saturated rings. The molecular formula is C26H23NO3. The maximum atomic E-state index is 13.1. The van der Waals surface area contributed by atoms with Gasteiger partial charge in [0, 0.05) is 12.2 Å². The molecule has 2 heterocycles. The second-order valence-corrected chi connectivity index (χ2v) is 8.03. The first-order valence-corrected chi connectivity index (χ1v) is 10.2. The molecule has 1 aromatic heterocycles. The second-order valence-electron chi connectivity index (χ2n) is 8.03. The van der Waals surface area contributed by atoms with Crippen molar-refractivity contribution in [2.75, 3.05) is 11.4 Å². The molecule has 150 valence electrons. The van der Waals surface area contributed by atoms with Crippen molar-refractivity contribution < 1.29 is 9.52 Å². The van der Waals surface area contributed by atoms with Crippen LogP contribution in [0.3, 0.4) is 0 Å². The van der Waals surface area contributed by atoms with Gasteiger partial charge in [-0.3, -0.25) is 0 Å². The van der Waals surface area contributed by atoms with Crippen LogP contribution in [0.2, 0.25) is 0 Å². The molecule has 3 aromatic carbocycles. The van der Waals surface area contributed by atoms with Crippen LogP contribution in [-0.2, 0) is 6.42 Å². The van der Waals surface area contributed by atoms with Crippen LogP contribution in [0.1, 0.15) is 33.9 Å². The fourth-order valence-electron chi connectivity index (χ4n) is 4.45. The summed E-state index contributed by atoms with van der Waals surface area (Å²) in [7, 11) is 0. The van der Waals surface area contributed by atoms with Crippen LogP contribution >= 0.6 is 0 Å². The molecule has 0 spiro atoms. The minimum Gasteiger partial charge on any atom is -0.507 e. The molecule has 1 N–H and O–H groups in total. The highest BCUT2D eigenvalue weighted by Gasteiger charge is 2.34. The summed E-state index contributed by atoms with van der Waals surface area (Å²) in [6.07, 6.45) is 0.874. The molecule has 0 saturated heterocycles. The summed E-state index contributed by atoms with van der Waals surface area (Å²) >= 11 is 0. The lowest BCUT2D eigenvalue weighted by Gasteiger charge is -2.39. The Labute approximate surface area is 175 Å². The van der Waals surface area contributed by atoms with Crippen LogP contribution < -0.4 is 10.5 Å². The summed E-state index contributed by atoms with van der Waals surface area (Å²) in [4.78, 5) is 15.3. The van der Waals surface area contributed by atoms with Crippen LogP contribution in [0.4, 0.5) is 5.69 Å². The van der Waals surface area contributed by atoms with Crippen molar-refractivity contribution in [3.8, 4) is 5.75 Å². The van der Waals surface area contributed by atoms with E-state index in [-0.39, 0.29) is 5.75 Å². The molecule has 1 aliphatic heterocycles. The molecule has 1 atom stereocenters. The molecule has 1 unspecified atom stereocenters. The molecule has 0 radical (unpaired) electrons. The van der Waals surface area contributed by atoms with Gasteiger partial charge in [0.1, 0.15) is 16.9 Å². The molecule has 30 heavy (non-hydrogen) atoms. The second kappa shape index (κ2) is 7.06. The Balaban J connectivity index is 1.78. The van der Waals surface area contributed by atoms with Gasteiger partial charge in [-0.2, -0.15) is 0 Å². The Morgan fingerprint density at radius 1 is 0.967 bits per heavy atom. The van der Waals surface area contributed by atoms with Gasteiger partial charge in [-0.05, 0) is 55.7 Å². The first-order chi connectivity index (χ1) is 14.5. The van der Waals surface area contributed by atoms with Gasteiger partial charge < -0.3 is 14.4 Å². The van der Waals surface area contributed by atoms with Gasteiger partial charge in [-0.15, -0.1) is 0 Å². The predicted molar refractivity (Wildman–Crippen MR) is 119 cm³/mol. The van der Waals surface area contributed by atoms with Gasteiger partial charge in [-0.25, -0.2) is 4.79 Å². The van der Waals surface area contributed by atoms with Crippen LogP contribution in [0.5, 0.6) is 5.75 Å². The van der Waals surface area contributed by atoms with Crippen molar-refractivity contribution >= 4 is 16.7 Å². The number of anilines is 1. The fourth-order valence-corrected chi connectivity index (χ4v) is 4.45.